The Balaban J connectivity index is 0.00000178. The molecule has 3 rings (SSSR count). The number of anilines is 1. The number of pyridine rings is 1. The number of carbonyl (C=O) groups is 2. The Hall–Kier alpha value is -3.41. The summed E-state index contributed by atoms with van der Waals surface area (Å²) in [6.07, 6.45) is -3.03. The molecule has 0 bridgehead atoms. The summed E-state index contributed by atoms with van der Waals surface area (Å²) >= 11 is 0. The van der Waals surface area contributed by atoms with Gasteiger partial charge < -0.3 is 25.2 Å². The van der Waals surface area contributed by atoms with E-state index in [1.54, 1.807) is 20.8 Å². The van der Waals surface area contributed by atoms with Crippen molar-refractivity contribution in [2.45, 2.75) is 72.1 Å². The molecule has 0 spiro atoms. The van der Waals surface area contributed by atoms with E-state index in [0.717, 1.165) is 38.1 Å². The normalized spacial score (nSPS) is 14.5. The summed E-state index contributed by atoms with van der Waals surface area (Å²) < 4.78 is 56.4. The number of nitrogens with zero attached hydrogens (tertiary/aromatic N) is 2. The lowest BCUT2D eigenvalue weighted by atomic mass is 9.96. The molecule has 40 heavy (non-hydrogen) atoms. The van der Waals surface area contributed by atoms with Gasteiger partial charge in [0.15, 0.2) is 0 Å². The molecule has 1 fully saturated rings. The molecular weight excluding hydrogens is 532 g/mol. The maximum absolute atomic E-state index is 14.8. The van der Waals surface area contributed by atoms with Crippen molar-refractivity contribution >= 4 is 18.1 Å². The summed E-state index contributed by atoms with van der Waals surface area (Å²) in [6.45, 7) is 10.1. The van der Waals surface area contributed by atoms with Gasteiger partial charge in [0.25, 0.3) is 17.9 Å². The van der Waals surface area contributed by atoms with Gasteiger partial charge >= 0.3 is 6.18 Å². The van der Waals surface area contributed by atoms with E-state index in [1.807, 2.05) is 18.9 Å². The zero-order chi connectivity index (χ0) is 30.4. The minimum absolute atomic E-state index is 0.0535. The number of alkyl halides is 3. The second-order valence-corrected chi connectivity index (χ2v) is 10.2. The van der Waals surface area contributed by atoms with E-state index in [9.17, 15) is 27.2 Å². The lowest BCUT2D eigenvalue weighted by Gasteiger charge is -2.39. The van der Waals surface area contributed by atoms with Crippen molar-refractivity contribution in [2.24, 2.45) is 0 Å². The second-order valence-electron chi connectivity index (χ2n) is 10.2. The van der Waals surface area contributed by atoms with Gasteiger partial charge in [0.05, 0.1) is 11.3 Å². The molecule has 2 aromatic rings. The molecule has 0 unspecified atom stereocenters. The van der Waals surface area contributed by atoms with Gasteiger partial charge in [-0.25, -0.2) is 4.39 Å². The van der Waals surface area contributed by atoms with Crippen LogP contribution in [0.5, 0.6) is 0 Å². The number of hydrogen-bond acceptors (Lipinski definition) is 5. The standard InChI is InChI=1S/C27H36F4N4O2.CH2O2/c1-7-35(19-8-10-34(6)11-9-19)22-13-18(27(29,30)31)12-20(16(22)4)25(36)32-14-21-23(15(2)3)24(28)17(5)33-26(21)37;2-1-3/h12-13,15,19H,7-11,14H2,1-6H3,(H,32,36)(H,33,37);1H,(H,2,3). The lowest BCUT2D eigenvalue weighted by molar-refractivity contribution is -0.137. The number of nitrogens with one attached hydrogen (secondary N) is 2. The van der Waals surface area contributed by atoms with Crippen molar-refractivity contribution in [1.82, 2.24) is 15.2 Å². The van der Waals surface area contributed by atoms with Crippen LogP contribution in [0, 0.1) is 19.7 Å². The van der Waals surface area contributed by atoms with E-state index in [0.29, 0.717) is 17.8 Å². The van der Waals surface area contributed by atoms with Gasteiger partial charge in [0.2, 0.25) is 0 Å². The van der Waals surface area contributed by atoms with Crippen molar-refractivity contribution < 1.29 is 32.3 Å². The first kappa shape index (κ1) is 32.8. The summed E-state index contributed by atoms with van der Waals surface area (Å²) in [4.78, 5) is 40.7. The first-order chi connectivity index (χ1) is 18.7. The molecule has 1 aliphatic rings. The summed E-state index contributed by atoms with van der Waals surface area (Å²) in [5.41, 5.74) is -0.434. The highest BCUT2D eigenvalue weighted by Crippen LogP contribution is 2.37. The van der Waals surface area contributed by atoms with Crippen LogP contribution in [0.4, 0.5) is 23.2 Å². The molecule has 0 radical (unpaired) electrons. The van der Waals surface area contributed by atoms with Crippen LogP contribution in [0.2, 0.25) is 0 Å². The molecule has 0 atom stereocenters. The Morgan fingerprint density at radius 2 is 1.82 bits per heavy atom. The van der Waals surface area contributed by atoms with Crippen LogP contribution in [0.15, 0.2) is 16.9 Å². The molecule has 1 amide bonds. The fourth-order valence-corrected chi connectivity index (χ4v) is 5.13. The maximum Gasteiger partial charge on any atom is 0.416 e. The van der Waals surface area contributed by atoms with Gasteiger partial charge in [-0.15, -0.1) is 0 Å². The highest BCUT2D eigenvalue weighted by molar-refractivity contribution is 5.97. The van der Waals surface area contributed by atoms with Crippen molar-refractivity contribution in [3.05, 3.63) is 61.8 Å². The number of carbonyl (C=O) groups excluding carboxylic acids is 1. The van der Waals surface area contributed by atoms with E-state index in [4.69, 9.17) is 9.90 Å². The number of aryl methyl sites for hydroxylation is 1. The number of carboxylic acid groups (broad SMARTS) is 1. The van der Waals surface area contributed by atoms with Gasteiger partial charge in [0.1, 0.15) is 5.82 Å². The van der Waals surface area contributed by atoms with Crippen molar-refractivity contribution in [3.8, 4) is 0 Å². The Kier molecular flexibility index (Phi) is 11.3. The fourth-order valence-electron chi connectivity index (χ4n) is 5.13. The molecule has 1 aromatic carbocycles. The predicted molar refractivity (Wildman–Crippen MR) is 145 cm³/mol. The van der Waals surface area contributed by atoms with Crippen molar-refractivity contribution in [2.75, 3.05) is 31.6 Å². The molecule has 12 heteroatoms. The molecule has 222 valence electrons. The number of H-pyrrole nitrogens is 1. The third-order valence-corrected chi connectivity index (χ3v) is 7.20. The third kappa shape index (κ3) is 7.61. The van der Waals surface area contributed by atoms with Crippen molar-refractivity contribution in [1.29, 1.82) is 0 Å². The van der Waals surface area contributed by atoms with Crippen LogP contribution in [0.3, 0.4) is 0 Å². The summed E-state index contributed by atoms with van der Waals surface area (Å²) in [5.74, 6) is -1.64. The third-order valence-electron chi connectivity index (χ3n) is 7.20. The van der Waals surface area contributed by atoms with Gasteiger partial charge in [-0.1, -0.05) is 13.8 Å². The maximum atomic E-state index is 14.8. The first-order valence-corrected chi connectivity index (χ1v) is 13.1. The number of piperidine rings is 1. The van der Waals surface area contributed by atoms with E-state index in [1.165, 1.54) is 6.92 Å². The van der Waals surface area contributed by atoms with E-state index in [2.05, 4.69) is 15.2 Å². The Labute approximate surface area is 231 Å². The number of likely N-dealkylation sites (tertiary alicyclic amines) is 1. The van der Waals surface area contributed by atoms with Gasteiger partial charge in [-0.3, -0.25) is 14.4 Å². The van der Waals surface area contributed by atoms with Gasteiger partial charge in [-0.2, -0.15) is 13.2 Å². The number of amides is 1. The molecule has 1 saturated heterocycles. The van der Waals surface area contributed by atoms with Crippen LogP contribution >= 0.6 is 0 Å². The van der Waals surface area contributed by atoms with Crippen LogP contribution in [-0.4, -0.2) is 60.1 Å². The zero-order valence-corrected chi connectivity index (χ0v) is 23.7. The van der Waals surface area contributed by atoms with Gasteiger partial charge in [0, 0.05) is 41.5 Å². The zero-order valence-electron chi connectivity index (χ0n) is 23.7. The van der Waals surface area contributed by atoms with Gasteiger partial charge in [-0.05, 0) is 77.4 Å². The minimum atomic E-state index is -4.65. The first-order valence-electron chi connectivity index (χ1n) is 13.1. The minimum Gasteiger partial charge on any atom is -0.483 e. The predicted octanol–water partition coefficient (Wildman–Crippen LogP) is 4.82. The average Bonchev–Trinajstić information content (AvgIpc) is 2.87. The summed E-state index contributed by atoms with van der Waals surface area (Å²) in [7, 11) is 2.01. The van der Waals surface area contributed by atoms with Crippen molar-refractivity contribution in [3.63, 3.8) is 0 Å². The molecule has 3 N–H and O–H groups in total. The van der Waals surface area contributed by atoms with Crippen LogP contribution < -0.4 is 15.8 Å². The van der Waals surface area contributed by atoms with Crippen LogP contribution in [0.25, 0.3) is 0 Å². The summed E-state index contributed by atoms with van der Waals surface area (Å²) in [5, 5.41) is 9.46. The molecule has 0 saturated carbocycles. The van der Waals surface area contributed by atoms with E-state index >= 15 is 0 Å². The van der Waals surface area contributed by atoms with E-state index < -0.39 is 29.0 Å². The lowest BCUT2D eigenvalue weighted by Crippen LogP contribution is -2.44. The molecule has 8 nitrogen and oxygen atoms in total. The SMILES string of the molecule is CCN(c1cc(C(F)(F)F)cc(C(=O)NCc2c(C(C)C)c(F)c(C)[nH]c2=O)c1C)C1CCN(C)CC1.O=CO. The quantitative estimate of drug-likeness (QED) is 0.326. The fraction of sp³-hybridized carbons (Fsp3) is 0.536. The molecule has 2 heterocycles. The van der Waals surface area contributed by atoms with E-state index in [-0.39, 0.29) is 47.4 Å². The number of aromatic amines is 1. The molecule has 1 aliphatic heterocycles. The number of rotatable bonds is 7. The monoisotopic (exact) mass is 570 g/mol. The Morgan fingerprint density at radius 3 is 2.33 bits per heavy atom. The number of hydrogen-bond donors (Lipinski definition) is 3. The smallest absolute Gasteiger partial charge is 0.416 e. The average molecular weight is 571 g/mol. The largest absolute Gasteiger partial charge is 0.483 e. The molecule has 0 aliphatic carbocycles. The number of benzene rings is 1. The Bertz CT molecular complexity index is 1250. The highest BCUT2D eigenvalue weighted by atomic mass is 19.4. The van der Waals surface area contributed by atoms with Crippen LogP contribution in [0.1, 0.15) is 77.8 Å². The second kappa shape index (κ2) is 13.8. The molecule has 1 aromatic heterocycles. The molecular formula is C28H38F4N4O4. The van der Waals surface area contributed by atoms with Crippen LogP contribution in [-0.2, 0) is 17.5 Å². The topological polar surface area (TPSA) is 106 Å². The number of halogens is 4. The highest BCUT2D eigenvalue weighted by Gasteiger charge is 2.34. The Morgan fingerprint density at radius 1 is 1.25 bits per heavy atom. The summed E-state index contributed by atoms with van der Waals surface area (Å²) in [6, 6.07) is 2.02. The number of aromatic nitrogens is 1.